The van der Waals surface area contributed by atoms with E-state index in [9.17, 15) is 4.79 Å². The summed E-state index contributed by atoms with van der Waals surface area (Å²) in [5.41, 5.74) is 2.38. The average molecular weight is 248 g/mol. The van der Waals surface area contributed by atoms with Crippen LogP contribution >= 0.6 is 11.6 Å². The van der Waals surface area contributed by atoms with Gasteiger partial charge in [-0.2, -0.15) is 0 Å². The molecule has 2 aromatic rings. The maximum atomic E-state index is 11.3. The number of hydrogen-bond donors (Lipinski definition) is 0. The number of ether oxygens (including phenoxy) is 1. The topological polar surface area (TPSA) is 39.2 Å². The van der Waals surface area contributed by atoms with Gasteiger partial charge < -0.3 is 4.74 Å². The van der Waals surface area contributed by atoms with E-state index in [1.165, 1.54) is 7.11 Å². The molecular formula is C13H10ClNO2. The molecule has 1 aromatic carbocycles. The quantitative estimate of drug-likeness (QED) is 0.765. The van der Waals surface area contributed by atoms with Crippen LogP contribution < -0.4 is 0 Å². The fraction of sp³-hybridized carbons (Fsp3) is 0.0769. The molecule has 4 heteroatoms. The lowest BCUT2D eigenvalue weighted by atomic mass is 10.1. The summed E-state index contributed by atoms with van der Waals surface area (Å²) in [6.07, 6.45) is 3.30. The van der Waals surface area contributed by atoms with Crippen LogP contribution in [0.4, 0.5) is 0 Å². The highest BCUT2D eigenvalue weighted by Gasteiger charge is 2.05. The largest absolute Gasteiger partial charge is 0.465 e. The number of esters is 1. The third-order valence-corrected chi connectivity index (χ3v) is 2.55. The average Bonchev–Trinajstić information content (AvgIpc) is 2.38. The second-order valence-electron chi connectivity index (χ2n) is 3.46. The van der Waals surface area contributed by atoms with E-state index < -0.39 is 0 Å². The molecule has 0 saturated heterocycles. The molecule has 3 nitrogen and oxygen atoms in total. The molecule has 0 unspecified atom stereocenters. The van der Waals surface area contributed by atoms with Crippen molar-refractivity contribution in [2.45, 2.75) is 0 Å². The van der Waals surface area contributed by atoms with E-state index in [4.69, 9.17) is 11.6 Å². The molecule has 0 radical (unpaired) electrons. The van der Waals surface area contributed by atoms with Gasteiger partial charge in [0.1, 0.15) is 0 Å². The third kappa shape index (κ3) is 2.63. The van der Waals surface area contributed by atoms with Crippen LogP contribution in [0.5, 0.6) is 0 Å². The molecule has 0 amide bonds. The Balaban J connectivity index is 2.32. The van der Waals surface area contributed by atoms with Gasteiger partial charge in [0.2, 0.25) is 0 Å². The number of carbonyl (C=O) groups excluding carboxylic acids is 1. The molecule has 0 bridgehead atoms. The van der Waals surface area contributed by atoms with Gasteiger partial charge in [-0.15, -0.1) is 0 Å². The van der Waals surface area contributed by atoms with Crippen molar-refractivity contribution in [3.05, 3.63) is 53.3 Å². The number of benzene rings is 1. The Morgan fingerprint density at radius 3 is 2.47 bits per heavy atom. The highest BCUT2D eigenvalue weighted by atomic mass is 35.5. The van der Waals surface area contributed by atoms with Crippen LogP contribution in [-0.4, -0.2) is 18.1 Å². The highest BCUT2D eigenvalue weighted by Crippen LogP contribution is 2.21. The summed E-state index contributed by atoms with van der Waals surface area (Å²) < 4.78 is 4.63. The van der Waals surface area contributed by atoms with E-state index in [2.05, 4.69) is 9.72 Å². The lowest BCUT2D eigenvalue weighted by Crippen LogP contribution is -2.00. The van der Waals surface area contributed by atoms with Crippen molar-refractivity contribution in [2.75, 3.05) is 7.11 Å². The van der Waals surface area contributed by atoms with Gasteiger partial charge in [-0.1, -0.05) is 23.7 Å². The van der Waals surface area contributed by atoms with Gasteiger partial charge in [0, 0.05) is 18.0 Å². The minimum Gasteiger partial charge on any atom is -0.465 e. The first-order valence-electron chi connectivity index (χ1n) is 5.00. The Kier molecular flexibility index (Phi) is 3.40. The van der Waals surface area contributed by atoms with Crippen LogP contribution in [0, 0.1) is 0 Å². The van der Waals surface area contributed by atoms with E-state index in [1.54, 1.807) is 24.5 Å². The van der Waals surface area contributed by atoms with Crippen molar-refractivity contribution in [3.8, 4) is 11.1 Å². The number of halogens is 1. The summed E-state index contributed by atoms with van der Waals surface area (Å²) in [7, 11) is 1.36. The van der Waals surface area contributed by atoms with Crippen molar-refractivity contribution in [1.82, 2.24) is 4.98 Å². The molecule has 2 rings (SSSR count). The Labute approximate surface area is 104 Å². The third-order valence-electron chi connectivity index (χ3n) is 2.34. The van der Waals surface area contributed by atoms with E-state index >= 15 is 0 Å². The van der Waals surface area contributed by atoms with Gasteiger partial charge in [0.15, 0.2) is 0 Å². The second-order valence-corrected chi connectivity index (χ2v) is 3.90. The van der Waals surface area contributed by atoms with Gasteiger partial charge in [0.05, 0.1) is 17.7 Å². The summed E-state index contributed by atoms with van der Waals surface area (Å²) in [4.78, 5) is 15.3. The lowest BCUT2D eigenvalue weighted by molar-refractivity contribution is 0.0601. The summed E-state index contributed by atoms with van der Waals surface area (Å²) in [5, 5.41) is 0.583. The SMILES string of the molecule is COC(=O)c1ccc(-c2cncc(Cl)c2)cc1. The van der Waals surface area contributed by atoms with Gasteiger partial charge >= 0.3 is 5.97 Å². The van der Waals surface area contributed by atoms with Gasteiger partial charge in [0.25, 0.3) is 0 Å². The molecule has 0 aliphatic heterocycles. The maximum absolute atomic E-state index is 11.3. The van der Waals surface area contributed by atoms with E-state index in [0.717, 1.165) is 11.1 Å². The number of methoxy groups -OCH3 is 1. The molecule has 86 valence electrons. The number of carbonyl (C=O) groups is 1. The molecule has 0 saturated carbocycles. The minimum absolute atomic E-state index is 0.347. The van der Waals surface area contributed by atoms with Crippen LogP contribution in [0.25, 0.3) is 11.1 Å². The molecule has 0 atom stereocenters. The molecule has 17 heavy (non-hydrogen) atoms. The smallest absolute Gasteiger partial charge is 0.337 e. The van der Waals surface area contributed by atoms with Crippen molar-refractivity contribution in [2.24, 2.45) is 0 Å². The number of rotatable bonds is 2. The molecule has 0 aliphatic carbocycles. The second kappa shape index (κ2) is 4.97. The van der Waals surface area contributed by atoms with Crippen LogP contribution in [0.2, 0.25) is 5.02 Å². The first-order valence-corrected chi connectivity index (χ1v) is 5.38. The number of pyridine rings is 1. The van der Waals surface area contributed by atoms with Gasteiger partial charge in [-0.3, -0.25) is 4.98 Å². The van der Waals surface area contributed by atoms with Crippen LogP contribution in [0.1, 0.15) is 10.4 Å². The zero-order chi connectivity index (χ0) is 12.3. The van der Waals surface area contributed by atoms with E-state index in [0.29, 0.717) is 10.6 Å². The molecule has 1 heterocycles. The predicted molar refractivity (Wildman–Crippen MR) is 66.0 cm³/mol. The van der Waals surface area contributed by atoms with Crippen molar-refractivity contribution in [3.63, 3.8) is 0 Å². The van der Waals surface area contributed by atoms with Crippen molar-refractivity contribution >= 4 is 17.6 Å². The molecule has 0 fully saturated rings. The first kappa shape index (κ1) is 11.6. The van der Waals surface area contributed by atoms with Gasteiger partial charge in [-0.25, -0.2) is 4.79 Å². The lowest BCUT2D eigenvalue weighted by Gasteiger charge is -2.03. The summed E-state index contributed by atoms with van der Waals surface area (Å²) in [6.45, 7) is 0. The molecule has 0 N–H and O–H groups in total. The summed E-state index contributed by atoms with van der Waals surface area (Å²) >= 11 is 5.86. The van der Waals surface area contributed by atoms with E-state index in [-0.39, 0.29) is 5.97 Å². The van der Waals surface area contributed by atoms with Crippen molar-refractivity contribution < 1.29 is 9.53 Å². The Morgan fingerprint density at radius 2 is 1.88 bits per heavy atom. The Hall–Kier alpha value is -1.87. The summed E-state index contributed by atoms with van der Waals surface area (Å²) in [6, 6.07) is 8.91. The molecule has 0 spiro atoms. The van der Waals surface area contributed by atoms with E-state index in [1.807, 2.05) is 18.2 Å². The molecule has 1 aromatic heterocycles. The fourth-order valence-corrected chi connectivity index (χ4v) is 1.66. The number of nitrogens with zero attached hydrogens (tertiary/aromatic N) is 1. The Bertz CT molecular complexity index is 537. The highest BCUT2D eigenvalue weighted by molar-refractivity contribution is 6.30. The maximum Gasteiger partial charge on any atom is 0.337 e. The van der Waals surface area contributed by atoms with Crippen molar-refractivity contribution in [1.29, 1.82) is 0 Å². The standard InChI is InChI=1S/C13H10ClNO2/c1-17-13(16)10-4-2-9(3-5-10)11-6-12(14)8-15-7-11/h2-8H,1H3. The minimum atomic E-state index is -0.347. The first-order chi connectivity index (χ1) is 8.20. The Morgan fingerprint density at radius 1 is 1.18 bits per heavy atom. The van der Waals surface area contributed by atoms with Crippen LogP contribution in [0.15, 0.2) is 42.7 Å². The number of hydrogen-bond acceptors (Lipinski definition) is 3. The van der Waals surface area contributed by atoms with Gasteiger partial charge in [-0.05, 0) is 23.8 Å². The summed E-state index contributed by atoms with van der Waals surface area (Å²) in [5.74, 6) is -0.347. The zero-order valence-corrected chi connectivity index (χ0v) is 9.94. The van der Waals surface area contributed by atoms with Crippen LogP contribution in [-0.2, 0) is 4.74 Å². The predicted octanol–water partition coefficient (Wildman–Crippen LogP) is 3.19. The molecule has 0 aliphatic rings. The fourth-order valence-electron chi connectivity index (χ4n) is 1.49. The monoisotopic (exact) mass is 247 g/mol. The normalized spacial score (nSPS) is 10.0. The van der Waals surface area contributed by atoms with Crippen LogP contribution in [0.3, 0.4) is 0 Å². The number of aromatic nitrogens is 1. The zero-order valence-electron chi connectivity index (χ0n) is 9.18. The molecular weight excluding hydrogens is 238 g/mol.